The Hall–Kier alpha value is -1.26. The van der Waals surface area contributed by atoms with Crippen molar-refractivity contribution in [1.82, 2.24) is 5.32 Å². The lowest BCUT2D eigenvalue weighted by Gasteiger charge is -2.22. The van der Waals surface area contributed by atoms with Crippen molar-refractivity contribution in [3.05, 3.63) is 28.8 Å². The third kappa shape index (κ3) is 2.90. The first kappa shape index (κ1) is 12.2. The third-order valence-electron chi connectivity index (χ3n) is 2.88. The molecule has 4 nitrogen and oxygen atoms in total. The van der Waals surface area contributed by atoms with Gasteiger partial charge in [0, 0.05) is 36.8 Å². The van der Waals surface area contributed by atoms with Crippen molar-refractivity contribution in [2.75, 3.05) is 24.5 Å². The van der Waals surface area contributed by atoms with E-state index in [1.807, 2.05) is 18.2 Å². The van der Waals surface area contributed by atoms with Gasteiger partial charge in [0.2, 0.25) is 5.91 Å². The van der Waals surface area contributed by atoms with Gasteiger partial charge < -0.3 is 15.3 Å². The van der Waals surface area contributed by atoms with Gasteiger partial charge in [-0.05, 0) is 17.7 Å². The molecule has 5 heteroatoms. The zero-order chi connectivity index (χ0) is 12.3. The van der Waals surface area contributed by atoms with Crippen molar-refractivity contribution in [3.63, 3.8) is 0 Å². The second-order valence-electron chi connectivity index (χ2n) is 4.02. The SMILES string of the molecule is O=C1CCN(c2ccc(CO)c(Cl)c2)CCN1. The third-order valence-corrected chi connectivity index (χ3v) is 3.24. The fraction of sp³-hybridized carbons (Fsp3) is 0.417. The van der Waals surface area contributed by atoms with E-state index in [9.17, 15) is 4.79 Å². The zero-order valence-electron chi connectivity index (χ0n) is 9.45. The molecule has 1 aromatic carbocycles. The number of hydrogen-bond donors (Lipinski definition) is 2. The molecule has 0 aliphatic carbocycles. The minimum absolute atomic E-state index is 0.0564. The molecular weight excluding hydrogens is 240 g/mol. The first-order valence-corrected chi connectivity index (χ1v) is 5.99. The quantitative estimate of drug-likeness (QED) is 0.833. The molecule has 2 N–H and O–H groups in total. The molecule has 0 unspecified atom stereocenters. The van der Waals surface area contributed by atoms with Crippen LogP contribution in [0.3, 0.4) is 0 Å². The van der Waals surface area contributed by atoms with Crippen LogP contribution in [-0.4, -0.2) is 30.6 Å². The number of aliphatic hydroxyl groups is 1. The van der Waals surface area contributed by atoms with Gasteiger partial charge in [-0.1, -0.05) is 17.7 Å². The lowest BCUT2D eigenvalue weighted by molar-refractivity contribution is -0.120. The monoisotopic (exact) mass is 254 g/mol. The Morgan fingerprint density at radius 3 is 2.94 bits per heavy atom. The van der Waals surface area contributed by atoms with Crippen LogP contribution in [0.25, 0.3) is 0 Å². The van der Waals surface area contributed by atoms with Crippen LogP contribution in [-0.2, 0) is 11.4 Å². The number of rotatable bonds is 2. The second-order valence-corrected chi connectivity index (χ2v) is 4.43. The molecular formula is C12H15ClN2O2. The Labute approximate surface area is 105 Å². The number of aliphatic hydroxyl groups excluding tert-OH is 1. The molecule has 0 radical (unpaired) electrons. The van der Waals surface area contributed by atoms with Gasteiger partial charge in [-0.2, -0.15) is 0 Å². The van der Waals surface area contributed by atoms with Gasteiger partial charge in [0.1, 0.15) is 0 Å². The average Bonchev–Trinajstić information content (AvgIpc) is 2.54. The maximum Gasteiger partial charge on any atom is 0.221 e. The van der Waals surface area contributed by atoms with Crippen molar-refractivity contribution >= 4 is 23.2 Å². The van der Waals surface area contributed by atoms with Crippen LogP contribution in [0.4, 0.5) is 5.69 Å². The van der Waals surface area contributed by atoms with Crippen LogP contribution < -0.4 is 10.2 Å². The molecule has 1 heterocycles. The summed E-state index contributed by atoms with van der Waals surface area (Å²) in [5.74, 6) is 0.0885. The Balaban J connectivity index is 2.16. The summed E-state index contributed by atoms with van der Waals surface area (Å²) in [5.41, 5.74) is 1.71. The first-order valence-electron chi connectivity index (χ1n) is 5.61. The number of carbonyl (C=O) groups excluding carboxylic acids is 1. The molecule has 1 amide bonds. The smallest absolute Gasteiger partial charge is 0.221 e. The average molecular weight is 255 g/mol. The Morgan fingerprint density at radius 2 is 2.24 bits per heavy atom. The number of hydrogen-bond acceptors (Lipinski definition) is 3. The van der Waals surface area contributed by atoms with E-state index < -0.39 is 0 Å². The van der Waals surface area contributed by atoms with E-state index in [4.69, 9.17) is 16.7 Å². The predicted molar refractivity (Wildman–Crippen MR) is 67.2 cm³/mol. The molecule has 17 heavy (non-hydrogen) atoms. The molecule has 0 spiro atoms. The Bertz CT molecular complexity index is 423. The number of anilines is 1. The molecule has 0 saturated carbocycles. The number of nitrogens with one attached hydrogen (secondary N) is 1. The fourth-order valence-corrected chi connectivity index (χ4v) is 2.12. The van der Waals surface area contributed by atoms with Gasteiger partial charge in [-0.25, -0.2) is 0 Å². The number of carbonyl (C=O) groups is 1. The Morgan fingerprint density at radius 1 is 1.41 bits per heavy atom. The van der Waals surface area contributed by atoms with Gasteiger partial charge in [-0.15, -0.1) is 0 Å². The van der Waals surface area contributed by atoms with E-state index in [2.05, 4.69) is 10.2 Å². The molecule has 1 saturated heterocycles. The van der Waals surface area contributed by atoms with Gasteiger partial charge in [0.25, 0.3) is 0 Å². The molecule has 0 aromatic heterocycles. The number of amides is 1. The van der Waals surface area contributed by atoms with Crippen LogP contribution in [0.5, 0.6) is 0 Å². The fourth-order valence-electron chi connectivity index (χ4n) is 1.89. The molecule has 0 atom stereocenters. The molecule has 1 aliphatic heterocycles. The second kappa shape index (κ2) is 5.38. The van der Waals surface area contributed by atoms with Crippen molar-refractivity contribution in [2.24, 2.45) is 0 Å². The largest absolute Gasteiger partial charge is 0.392 e. The highest BCUT2D eigenvalue weighted by Gasteiger charge is 2.14. The van der Waals surface area contributed by atoms with Crippen LogP contribution in [0.15, 0.2) is 18.2 Å². The van der Waals surface area contributed by atoms with E-state index in [1.54, 1.807) is 0 Å². The summed E-state index contributed by atoms with van der Waals surface area (Å²) in [7, 11) is 0. The van der Waals surface area contributed by atoms with E-state index in [0.717, 1.165) is 17.8 Å². The standard InChI is InChI=1S/C12H15ClN2O2/c13-11-7-10(2-1-9(11)8-16)15-5-3-12(17)14-4-6-15/h1-2,7,16H,3-6,8H2,(H,14,17). The summed E-state index contributed by atoms with van der Waals surface area (Å²) >= 11 is 6.05. The van der Waals surface area contributed by atoms with Gasteiger partial charge >= 0.3 is 0 Å². The summed E-state index contributed by atoms with van der Waals surface area (Å²) in [4.78, 5) is 13.3. The van der Waals surface area contributed by atoms with Gasteiger partial charge in [-0.3, -0.25) is 4.79 Å². The first-order chi connectivity index (χ1) is 8.20. The molecule has 1 fully saturated rings. The van der Waals surface area contributed by atoms with E-state index in [1.165, 1.54) is 0 Å². The number of benzene rings is 1. The summed E-state index contributed by atoms with van der Waals surface area (Å²) < 4.78 is 0. The summed E-state index contributed by atoms with van der Waals surface area (Å²) in [6.45, 7) is 2.07. The summed E-state index contributed by atoms with van der Waals surface area (Å²) in [6.07, 6.45) is 0.499. The van der Waals surface area contributed by atoms with Crippen LogP contribution in [0.1, 0.15) is 12.0 Å². The molecule has 92 valence electrons. The molecule has 2 rings (SSSR count). The molecule has 0 bridgehead atoms. The number of halogens is 1. The highest BCUT2D eigenvalue weighted by Crippen LogP contribution is 2.24. The van der Waals surface area contributed by atoms with Gasteiger partial charge in [0.15, 0.2) is 0 Å². The normalized spacial score (nSPS) is 16.6. The summed E-state index contributed by atoms with van der Waals surface area (Å²) in [5, 5.41) is 12.4. The van der Waals surface area contributed by atoms with Gasteiger partial charge in [0.05, 0.1) is 6.61 Å². The van der Waals surface area contributed by atoms with E-state index >= 15 is 0 Å². The van der Waals surface area contributed by atoms with Crippen molar-refractivity contribution < 1.29 is 9.90 Å². The van der Waals surface area contributed by atoms with E-state index in [0.29, 0.717) is 24.5 Å². The predicted octanol–water partition coefficient (Wildman–Crippen LogP) is 1.16. The highest BCUT2D eigenvalue weighted by atomic mass is 35.5. The lowest BCUT2D eigenvalue weighted by atomic mass is 10.2. The number of nitrogens with zero attached hydrogens (tertiary/aromatic N) is 1. The molecule has 1 aromatic rings. The lowest BCUT2D eigenvalue weighted by Crippen LogP contribution is -2.28. The minimum Gasteiger partial charge on any atom is -0.392 e. The zero-order valence-corrected chi connectivity index (χ0v) is 10.2. The van der Waals surface area contributed by atoms with Crippen LogP contribution >= 0.6 is 11.6 Å². The minimum atomic E-state index is -0.0564. The van der Waals surface area contributed by atoms with Crippen molar-refractivity contribution in [2.45, 2.75) is 13.0 Å². The molecule has 1 aliphatic rings. The van der Waals surface area contributed by atoms with Crippen LogP contribution in [0, 0.1) is 0 Å². The van der Waals surface area contributed by atoms with Crippen molar-refractivity contribution in [1.29, 1.82) is 0 Å². The maximum atomic E-state index is 11.2. The highest BCUT2D eigenvalue weighted by molar-refractivity contribution is 6.31. The Kier molecular flexibility index (Phi) is 3.86. The van der Waals surface area contributed by atoms with E-state index in [-0.39, 0.29) is 12.5 Å². The summed E-state index contributed by atoms with van der Waals surface area (Å²) in [6, 6.07) is 5.58. The maximum absolute atomic E-state index is 11.2. The van der Waals surface area contributed by atoms with Crippen LogP contribution in [0.2, 0.25) is 5.02 Å². The van der Waals surface area contributed by atoms with Crippen molar-refractivity contribution in [3.8, 4) is 0 Å². The topological polar surface area (TPSA) is 52.6 Å².